The number of likely N-dealkylation sites (tertiary alicyclic amines) is 1. The Labute approximate surface area is 157 Å². The predicted molar refractivity (Wildman–Crippen MR) is 99.7 cm³/mol. The monoisotopic (exact) mass is 372 g/mol. The minimum atomic E-state index is -0.842. The first kappa shape index (κ1) is 19.0. The van der Waals surface area contributed by atoms with E-state index in [1.165, 1.54) is 18.2 Å². The van der Waals surface area contributed by atoms with Crippen molar-refractivity contribution < 1.29 is 18.4 Å². The fourth-order valence-electron chi connectivity index (χ4n) is 3.41. The number of hydrogen-bond donors (Lipinski definition) is 1. The maximum atomic E-state index is 13.7. The van der Waals surface area contributed by atoms with Gasteiger partial charge in [-0.25, -0.2) is 8.78 Å². The van der Waals surface area contributed by atoms with E-state index < -0.39 is 17.5 Å². The third-order valence-corrected chi connectivity index (χ3v) is 4.93. The molecule has 1 fully saturated rings. The van der Waals surface area contributed by atoms with Gasteiger partial charge in [-0.1, -0.05) is 6.92 Å². The van der Waals surface area contributed by atoms with Crippen LogP contribution in [-0.4, -0.2) is 29.3 Å². The third kappa shape index (κ3) is 4.32. The lowest BCUT2D eigenvalue weighted by atomic mass is 9.98. The molecule has 27 heavy (non-hydrogen) atoms. The predicted octanol–water partition coefficient (Wildman–Crippen LogP) is 4.62. The molecule has 1 N–H and O–H groups in total. The summed E-state index contributed by atoms with van der Waals surface area (Å²) < 4.78 is 26.6. The second-order valence-electron chi connectivity index (χ2n) is 6.71. The first-order valence-electron chi connectivity index (χ1n) is 9.17. The zero-order chi connectivity index (χ0) is 19.4. The van der Waals surface area contributed by atoms with Gasteiger partial charge in [-0.15, -0.1) is 0 Å². The van der Waals surface area contributed by atoms with Crippen molar-refractivity contribution in [2.75, 3.05) is 11.9 Å². The lowest BCUT2D eigenvalue weighted by Gasteiger charge is -2.35. The van der Waals surface area contributed by atoms with Gasteiger partial charge in [-0.05, 0) is 62.1 Å². The van der Waals surface area contributed by atoms with Gasteiger partial charge >= 0.3 is 0 Å². The van der Waals surface area contributed by atoms with Crippen molar-refractivity contribution >= 4 is 17.5 Å². The SMILES string of the molecule is CCC1CCCCN1C(=O)c1ccc(C(=O)Nc2ccc(F)cc2F)cc1. The first-order valence-corrected chi connectivity index (χ1v) is 9.17. The number of nitrogens with one attached hydrogen (secondary N) is 1. The molecule has 1 aliphatic rings. The third-order valence-electron chi connectivity index (χ3n) is 4.93. The number of benzene rings is 2. The number of rotatable bonds is 4. The van der Waals surface area contributed by atoms with Crippen molar-refractivity contribution in [1.29, 1.82) is 0 Å². The molecule has 0 aromatic heterocycles. The summed E-state index contributed by atoms with van der Waals surface area (Å²) in [5.41, 5.74) is 0.724. The Hall–Kier alpha value is -2.76. The molecule has 0 radical (unpaired) electrons. The molecule has 1 aliphatic heterocycles. The molecule has 2 aromatic rings. The maximum Gasteiger partial charge on any atom is 0.255 e. The molecule has 0 spiro atoms. The number of amides is 2. The van der Waals surface area contributed by atoms with Crippen molar-refractivity contribution in [3.63, 3.8) is 0 Å². The van der Waals surface area contributed by atoms with Gasteiger partial charge < -0.3 is 10.2 Å². The van der Waals surface area contributed by atoms with Crippen LogP contribution in [0.3, 0.4) is 0 Å². The first-order chi connectivity index (χ1) is 13.0. The molecular formula is C21H22F2N2O2. The van der Waals surface area contributed by atoms with Crippen LogP contribution >= 0.6 is 0 Å². The number of nitrogens with zero attached hydrogens (tertiary/aromatic N) is 1. The number of anilines is 1. The smallest absolute Gasteiger partial charge is 0.255 e. The molecular weight excluding hydrogens is 350 g/mol. The van der Waals surface area contributed by atoms with Crippen LogP contribution in [0.15, 0.2) is 42.5 Å². The number of piperidine rings is 1. The number of carbonyl (C=O) groups is 2. The van der Waals surface area contributed by atoms with Crippen LogP contribution in [0.25, 0.3) is 0 Å². The average molecular weight is 372 g/mol. The lowest BCUT2D eigenvalue weighted by molar-refractivity contribution is 0.0607. The summed E-state index contributed by atoms with van der Waals surface area (Å²) in [6.45, 7) is 2.84. The molecule has 3 rings (SSSR count). The zero-order valence-electron chi connectivity index (χ0n) is 15.2. The number of halogens is 2. The Morgan fingerprint density at radius 1 is 1.07 bits per heavy atom. The number of hydrogen-bond acceptors (Lipinski definition) is 2. The summed E-state index contributed by atoms with van der Waals surface area (Å²) >= 11 is 0. The Morgan fingerprint density at radius 2 is 1.78 bits per heavy atom. The quantitative estimate of drug-likeness (QED) is 0.851. The van der Waals surface area contributed by atoms with E-state index in [-0.39, 0.29) is 17.6 Å². The van der Waals surface area contributed by atoms with Gasteiger partial charge in [0, 0.05) is 29.8 Å². The van der Waals surface area contributed by atoms with E-state index in [0.717, 1.165) is 38.3 Å². The molecule has 1 unspecified atom stereocenters. The summed E-state index contributed by atoms with van der Waals surface area (Å²) in [6, 6.07) is 9.50. The van der Waals surface area contributed by atoms with Crippen LogP contribution in [0.5, 0.6) is 0 Å². The second kappa shape index (κ2) is 8.29. The highest BCUT2D eigenvalue weighted by Gasteiger charge is 2.26. The van der Waals surface area contributed by atoms with Gasteiger partial charge in [0.2, 0.25) is 0 Å². The van der Waals surface area contributed by atoms with E-state index in [4.69, 9.17) is 0 Å². The van der Waals surface area contributed by atoms with E-state index in [1.807, 2.05) is 4.90 Å². The maximum absolute atomic E-state index is 13.7. The van der Waals surface area contributed by atoms with Crippen LogP contribution in [0.1, 0.15) is 53.3 Å². The van der Waals surface area contributed by atoms with E-state index in [1.54, 1.807) is 12.1 Å². The highest BCUT2D eigenvalue weighted by Crippen LogP contribution is 2.22. The summed E-state index contributed by atoms with van der Waals surface area (Å²) in [5, 5.41) is 2.41. The Bertz CT molecular complexity index is 837. The molecule has 6 heteroatoms. The van der Waals surface area contributed by atoms with Gasteiger partial charge in [0.1, 0.15) is 11.6 Å². The van der Waals surface area contributed by atoms with Crippen molar-refractivity contribution in [3.8, 4) is 0 Å². The van der Waals surface area contributed by atoms with Crippen LogP contribution in [-0.2, 0) is 0 Å². The summed E-state index contributed by atoms with van der Waals surface area (Å²) in [5.74, 6) is -2.11. The van der Waals surface area contributed by atoms with Crippen LogP contribution in [0, 0.1) is 11.6 Å². The van der Waals surface area contributed by atoms with E-state index in [2.05, 4.69) is 12.2 Å². The van der Waals surface area contributed by atoms with Crippen molar-refractivity contribution in [3.05, 3.63) is 65.2 Å². The molecule has 0 aliphatic carbocycles. The van der Waals surface area contributed by atoms with Gasteiger partial charge in [0.15, 0.2) is 0 Å². The van der Waals surface area contributed by atoms with Gasteiger partial charge in [-0.3, -0.25) is 9.59 Å². The Morgan fingerprint density at radius 3 is 2.44 bits per heavy atom. The van der Waals surface area contributed by atoms with Crippen molar-refractivity contribution in [1.82, 2.24) is 4.90 Å². The van der Waals surface area contributed by atoms with E-state index in [0.29, 0.717) is 17.2 Å². The van der Waals surface area contributed by atoms with Crippen LogP contribution < -0.4 is 5.32 Å². The fourth-order valence-corrected chi connectivity index (χ4v) is 3.41. The van der Waals surface area contributed by atoms with Crippen LogP contribution in [0.4, 0.5) is 14.5 Å². The minimum Gasteiger partial charge on any atom is -0.336 e. The molecule has 0 saturated carbocycles. The molecule has 1 saturated heterocycles. The Balaban J connectivity index is 1.70. The van der Waals surface area contributed by atoms with Gasteiger partial charge in [0.25, 0.3) is 11.8 Å². The fraction of sp³-hybridized carbons (Fsp3) is 0.333. The summed E-state index contributed by atoms with van der Waals surface area (Å²) in [7, 11) is 0. The van der Waals surface area contributed by atoms with Crippen molar-refractivity contribution in [2.24, 2.45) is 0 Å². The van der Waals surface area contributed by atoms with E-state index >= 15 is 0 Å². The lowest BCUT2D eigenvalue weighted by Crippen LogP contribution is -2.43. The van der Waals surface area contributed by atoms with Crippen molar-refractivity contribution in [2.45, 2.75) is 38.6 Å². The molecule has 142 valence electrons. The van der Waals surface area contributed by atoms with Gasteiger partial charge in [-0.2, -0.15) is 0 Å². The topological polar surface area (TPSA) is 49.4 Å². The van der Waals surface area contributed by atoms with Gasteiger partial charge in [0.05, 0.1) is 5.69 Å². The molecule has 1 atom stereocenters. The minimum absolute atomic E-state index is 0.0295. The molecule has 2 amide bonds. The number of carbonyl (C=O) groups excluding carboxylic acids is 2. The summed E-state index contributed by atoms with van der Waals surface area (Å²) in [6.07, 6.45) is 4.09. The zero-order valence-corrected chi connectivity index (χ0v) is 15.2. The molecule has 4 nitrogen and oxygen atoms in total. The normalized spacial score (nSPS) is 16.9. The molecule has 1 heterocycles. The highest BCUT2D eigenvalue weighted by atomic mass is 19.1. The largest absolute Gasteiger partial charge is 0.336 e. The average Bonchev–Trinajstić information content (AvgIpc) is 2.69. The Kier molecular flexibility index (Phi) is 5.84. The highest BCUT2D eigenvalue weighted by molar-refractivity contribution is 6.05. The van der Waals surface area contributed by atoms with Crippen LogP contribution in [0.2, 0.25) is 0 Å². The van der Waals surface area contributed by atoms with E-state index in [9.17, 15) is 18.4 Å². The molecule has 0 bridgehead atoms. The summed E-state index contributed by atoms with van der Waals surface area (Å²) in [4.78, 5) is 26.9. The standard InChI is InChI=1S/C21H22F2N2O2/c1-2-17-5-3-4-12-25(17)21(27)15-8-6-14(7-9-15)20(26)24-19-11-10-16(22)13-18(19)23/h6-11,13,17H,2-5,12H2,1H3,(H,24,26). The molecule has 2 aromatic carbocycles. The second-order valence-corrected chi connectivity index (χ2v) is 6.71.